The average Bonchev–Trinajstić information content (AvgIpc) is 2.71. The predicted octanol–water partition coefficient (Wildman–Crippen LogP) is 3.33. The number of hydrogen-bond donors (Lipinski definition) is 2. The van der Waals surface area contributed by atoms with Crippen molar-refractivity contribution in [3.05, 3.63) is 59.9 Å². The van der Waals surface area contributed by atoms with Gasteiger partial charge in [-0.25, -0.2) is 4.39 Å². The van der Waals surface area contributed by atoms with Gasteiger partial charge < -0.3 is 9.47 Å². The molecule has 0 fully saturated rings. The van der Waals surface area contributed by atoms with Crippen LogP contribution >= 0.6 is 0 Å². The number of ether oxygens (including phenoxy) is 2. The summed E-state index contributed by atoms with van der Waals surface area (Å²) in [6, 6.07) is 13.3. The summed E-state index contributed by atoms with van der Waals surface area (Å²) in [5.41, 5.74) is 5.52. The van der Waals surface area contributed by atoms with Crippen LogP contribution in [0.25, 0.3) is 0 Å². The van der Waals surface area contributed by atoms with Gasteiger partial charge in [0.2, 0.25) is 0 Å². The van der Waals surface area contributed by atoms with Crippen molar-refractivity contribution in [2.24, 2.45) is 0 Å². The first-order chi connectivity index (χ1) is 13.4. The van der Waals surface area contributed by atoms with Gasteiger partial charge in [0.1, 0.15) is 5.75 Å². The SMILES string of the molecule is CCC(C)c1ccccc1OCC(=O)NNC(=O)C(C)Oc1ccccc1F. The molecule has 150 valence electrons. The van der Waals surface area contributed by atoms with Crippen LogP contribution in [0.4, 0.5) is 4.39 Å². The molecule has 0 spiro atoms. The van der Waals surface area contributed by atoms with E-state index in [0.717, 1.165) is 12.0 Å². The Hall–Kier alpha value is -3.09. The Morgan fingerprint density at radius 3 is 2.32 bits per heavy atom. The van der Waals surface area contributed by atoms with Crippen molar-refractivity contribution in [2.45, 2.75) is 39.2 Å². The van der Waals surface area contributed by atoms with Crippen LogP contribution in [0.15, 0.2) is 48.5 Å². The van der Waals surface area contributed by atoms with E-state index in [2.05, 4.69) is 24.7 Å². The number of rotatable bonds is 8. The maximum atomic E-state index is 13.6. The first-order valence-corrected chi connectivity index (χ1v) is 9.14. The highest BCUT2D eigenvalue weighted by Crippen LogP contribution is 2.28. The largest absolute Gasteiger partial charge is 0.483 e. The Morgan fingerprint density at radius 1 is 1.00 bits per heavy atom. The normalized spacial score (nSPS) is 12.6. The highest BCUT2D eigenvalue weighted by Gasteiger charge is 2.17. The molecule has 0 saturated heterocycles. The summed E-state index contributed by atoms with van der Waals surface area (Å²) < 4.78 is 24.4. The number of hydrogen-bond acceptors (Lipinski definition) is 4. The molecule has 28 heavy (non-hydrogen) atoms. The van der Waals surface area contributed by atoms with Crippen LogP contribution in [0.3, 0.4) is 0 Å². The Labute approximate surface area is 164 Å². The molecule has 2 atom stereocenters. The molecule has 0 aliphatic heterocycles. The molecular weight excluding hydrogens is 363 g/mol. The Balaban J connectivity index is 1.81. The van der Waals surface area contributed by atoms with Gasteiger partial charge >= 0.3 is 0 Å². The standard InChI is InChI=1S/C21H25FN2O4/c1-4-14(2)16-9-5-7-11-18(16)27-13-20(25)23-24-21(26)15(3)28-19-12-8-6-10-17(19)22/h5-12,14-15H,4,13H2,1-3H3,(H,23,25)(H,24,26). The van der Waals surface area contributed by atoms with Crippen LogP contribution in [-0.2, 0) is 9.59 Å². The van der Waals surface area contributed by atoms with Gasteiger partial charge in [-0.3, -0.25) is 20.4 Å². The summed E-state index contributed by atoms with van der Waals surface area (Å²) in [6.07, 6.45) is -0.0491. The van der Waals surface area contributed by atoms with E-state index in [-0.39, 0.29) is 12.4 Å². The minimum atomic E-state index is -0.996. The van der Waals surface area contributed by atoms with E-state index in [4.69, 9.17) is 9.47 Å². The predicted molar refractivity (Wildman–Crippen MR) is 103 cm³/mol. The van der Waals surface area contributed by atoms with Crippen LogP contribution < -0.4 is 20.3 Å². The first kappa shape index (κ1) is 21.2. The zero-order valence-electron chi connectivity index (χ0n) is 16.2. The van der Waals surface area contributed by atoms with Gasteiger partial charge in [-0.15, -0.1) is 0 Å². The highest BCUT2D eigenvalue weighted by molar-refractivity contribution is 5.85. The minimum Gasteiger partial charge on any atom is -0.483 e. The molecule has 2 aromatic rings. The van der Waals surface area contributed by atoms with E-state index in [9.17, 15) is 14.0 Å². The fraction of sp³-hybridized carbons (Fsp3) is 0.333. The lowest BCUT2D eigenvalue weighted by Gasteiger charge is -2.17. The van der Waals surface area contributed by atoms with Gasteiger partial charge in [-0.1, -0.05) is 44.2 Å². The van der Waals surface area contributed by atoms with Crippen LogP contribution in [0.5, 0.6) is 11.5 Å². The van der Waals surface area contributed by atoms with E-state index in [1.165, 1.54) is 25.1 Å². The van der Waals surface area contributed by atoms with Gasteiger partial charge in [0.15, 0.2) is 24.3 Å². The van der Waals surface area contributed by atoms with Crippen molar-refractivity contribution in [1.82, 2.24) is 10.9 Å². The summed E-state index contributed by atoms with van der Waals surface area (Å²) in [5.74, 6) is -0.812. The third-order valence-corrected chi connectivity index (χ3v) is 4.26. The molecule has 0 aromatic heterocycles. The minimum absolute atomic E-state index is 0.0403. The molecule has 0 aliphatic rings. The third kappa shape index (κ3) is 5.97. The van der Waals surface area contributed by atoms with Gasteiger partial charge in [-0.05, 0) is 43.0 Å². The average molecular weight is 388 g/mol. The summed E-state index contributed by atoms with van der Waals surface area (Å²) >= 11 is 0. The fourth-order valence-electron chi connectivity index (χ4n) is 2.44. The number of carbonyl (C=O) groups excluding carboxylic acids is 2. The van der Waals surface area contributed by atoms with Crippen molar-refractivity contribution >= 4 is 11.8 Å². The van der Waals surface area contributed by atoms with Gasteiger partial charge in [0.05, 0.1) is 0 Å². The van der Waals surface area contributed by atoms with Crippen LogP contribution in [0.2, 0.25) is 0 Å². The van der Waals surface area contributed by atoms with Crippen LogP contribution in [0, 0.1) is 5.82 Å². The van der Waals surface area contributed by atoms with Crippen LogP contribution in [-0.4, -0.2) is 24.5 Å². The Morgan fingerprint density at radius 2 is 1.64 bits per heavy atom. The fourth-order valence-corrected chi connectivity index (χ4v) is 2.44. The Bertz CT molecular complexity index is 812. The van der Waals surface area contributed by atoms with Gasteiger partial charge in [0, 0.05) is 0 Å². The molecule has 2 unspecified atom stereocenters. The smallest absolute Gasteiger partial charge is 0.279 e. The van der Waals surface area contributed by atoms with Gasteiger partial charge in [-0.2, -0.15) is 0 Å². The van der Waals surface area contributed by atoms with Crippen molar-refractivity contribution < 1.29 is 23.5 Å². The lowest BCUT2D eigenvalue weighted by Crippen LogP contribution is -2.48. The van der Waals surface area contributed by atoms with E-state index < -0.39 is 23.7 Å². The van der Waals surface area contributed by atoms with E-state index >= 15 is 0 Å². The molecule has 6 nitrogen and oxygen atoms in total. The maximum Gasteiger partial charge on any atom is 0.279 e. The monoisotopic (exact) mass is 388 g/mol. The maximum absolute atomic E-state index is 13.6. The van der Waals surface area contributed by atoms with Crippen molar-refractivity contribution in [3.63, 3.8) is 0 Å². The molecule has 0 bridgehead atoms. The molecule has 0 heterocycles. The number of halogens is 1. The Kier molecular flexibility index (Phi) is 7.80. The first-order valence-electron chi connectivity index (χ1n) is 9.14. The second kappa shape index (κ2) is 10.3. The van der Waals surface area contributed by atoms with E-state index in [1.54, 1.807) is 12.1 Å². The van der Waals surface area contributed by atoms with Crippen molar-refractivity contribution in [3.8, 4) is 11.5 Å². The molecule has 2 rings (SSSR count). The quantitative estimate of drug-likeness (QED) is 0.680. The molecule has 2 aromatic carbocycles. The lowest BCUT2D eigenvalue weighted by atomic mass is 9.98. The molecule has 0 radical (unpaired) electrons. The lowest BCUT2D eigenvalue weighted by molar-refractivity contribution is -0.133. The second-order valence-corrected chi connectivity index (χ2v) is 6.36. The zero-order valence-corrected chi connectivity index (χ0v) is 16.2. The highest BCUT2D eigenvalue weighted by atomic mass is 19.1. The van der Waals surface area contributed by atoms with Crippen LogP contribution in [0.1, 0.15) is 38.7 Å². The number of amides is 2. The number of nitrogens with one attached hydrogen (secondary N) is 2. The molecular formula is C21H25FN2O4. The van der Waals surface area contributed by atoms with Gasteiger partial charge in [0.25, 0.3) is 11.8 Å². The molecule has 0 saturated carbocycles. The van der Waals surface area contributed by atoms with E-state index in [1.807, 2.05) is 18.2 Å². The summed E-state index contributed by atoms with van der Waals surface area (Å²) in [4.78, 5) is 24.0. The van der Waals surface area contributed by atoms with Crippen molar-refractivity contribution in [2.75, 3.05) is 6.61 Å². The third-order valence-electron chi connectivity index (χ3n) is 4.26. The zero-order chi connectivity index (χ0) is 20.5. The molecule has 2 amide bonds. The molecule has 2 N–H and O–H groups in total. The van der Waals surface area contributed by atoms with Crippen molar-refractivity contribution in [1.29, 1.82) is 0 Å². The number of hydrazine groups is 1. The van der Waals surface area contributed by atoms with E-state index in [0.29, 0.717) is 11.7 Å². The number of benzene rings is 2. The molecule has 7 heteroatoms. The summed E-state index contributed by atoms with van der Waals surface area (Å²) in [5, 5.41) is 0. The number of carbonyl (C=O) groups is 2. The number of para-hydroxylation sites is 2. The summed E-state index contributed by atoms with van der Waals surface area (Å²) in [7, 11) is 0. The summed E-state index contributed by atoms with van der Waals surface area (Å²) in [6.45, 7) is 5.36. The second-order valence-electron chi connectivity index (χ2n) is 6.36. The topological polar surface area (TPSA) is 76.7 Å². The molecule has 0 aliphatic carbocycles.